The number of urea groups is 1. The Labute approximate surface area is 136 Å². The second kappa shape index (κ2) is 8.83. The monoisotopic (exact) mass is 326 g/mol. The maximum atomic E-state index is 12.7. The lowest BCUT2D eigenvalue weighted by Crippen LogP contribution is -2.55. The smallest absolute Gasteiger partial charge is 0.321 e. The molecule has 23 heavy (non-hydrogen) atoms. The fraction of sp³-hybridized carbons (Fsp3) is 0.800. The number of nitrogens with zero attached hydrogens (tertiary/aromatic N) is 2. The van der Waals surface area contributed by atoms with E-state index in [1.807, 2.05) is 9.80 Å². The standard InChI is InChI=1S/C15H26N4O4/c1-2-16-15(22)17-13(20)11-19-6-4-3-5-12(19)14(21)18-7-9-23-10-8-18/h12H,2-11H2,1H3,(H2,16,17,20,22). The van der Waals surface area contributed by atoms with Gasteiger partial charge in [-0.25, -0.2) is 4.79 Å². The van der Waals surface area contributed by atoms with Gasteiger partial charge in [-0.2, -0.15) is 0 Å². The molecular formula is C15H26N4O4. The van der Waals surface area contributed by atoms with Crippen LogP contribution in [0.3, 0.4) is 0 Å². The minimum absolute atomic E-state index is 0.0673. The highest BCUT2D eigenvalue weighted by Crippen LogP contribution is 2.19. The van der Waals surface area contributed by atoms with Crippen LogP contribution in [0.4, 0.5) is 4.79 Å². The van der Waals surface area contributed by atoms with Crippen molar-refractivity contribution in [3.63, 3.8) is 0 Å². The van der Waals surface area contributed by atoms with Gasteiger partial charge in [0, 0.05) is 19.6 Å². The van der Waals surface area contributed by atoms with Crippen molar-refractivity contribution in [1.82, 2.24) is 20.4 Å². The minimum atomic E-state index is -0.495. The minimum Gasteiger partial charge on any atom is -0.378 e. The number of nitrogens with one attached hydrogen (secondary N) is 2. The molecule has 0 aromatic carbocycles. The highest BCUT2D eigenvalue weighted by atomic mass is 16.5. The first-order valence-electron chi connectivity index (χ1n) is 8.30. The fourth-order valence-electron chi connectivity index (χ4n) is 3.01. The molecule has 0 aromatic heterocycles. The number of likely N-dealkylation sites (tertiary alicyclic amines) is 1. The summed E-state index contributed by atoms with van der Waals surface area (Å²) < 4.78 is 5.28. The molecule has 1 unspecified atom stereocenters. The summed E-state index contributed by atoms with van der Waals surface area (Å²) in [6.45, 7) is 5.35. The molecule has 0 saturated carbocycles. The zero-order chi connectivity index (χ0) is 16.7. The molecule has 2 rings (SSSR count). The van der Waals surface area contributed by atoms with E-state index in [9.17, 15) is 14.4 Å². The molecule has 2 saturated heterocycles. The zero-order valence-corrected chi connectivity index (χ0v) is 13.7. The predicted molar refractivity (Wildman–Crippen MR) is 83.8 cm³/mol. The number of carbonyl (C=O) groups excluding carboxylic acids is 3. The third kappa shape index (κ3) is 5.18. The molecule has 2 heterocycles. The van der Waals surface area contributed by atoms with Crippen molar-refractivity contribution in [2.45, 2.75) is 32.2 Å². The third-order valence-corrected chi connectivity index (χ3v) is 4.16. The normalized spacial score (nSPS) is 22.5. The van der Waals surface area contributed by atoms with Crippen LogP contribution in [0.5, 0.6) is 0 Å². The largest absolute Gasteiger partial charge is 0.378 e. The van der Waals surface area contributed by atoms with Crippen molar-refractivity contribution in [3.8, 4) is 0 Å². The molecule has 2 fully saturated rings. The molecule has 2 aliphatic heterocycles. The van der Waals surface area contributed by atoms with Crippen LogP contribution >= 0.6 is 0 Å². The van der Waals surface area contributed by atoms with Crippen molar-refractivity contribution < 1.29 is 19.1 Å². The fourth-order valence-corrected chi connectivity index (χ4v) is 3.01. The first-order chi connectivity index (χ1) is 11.1. The Kier molecular flexibility index (Phi) is 6.79. The van der Waals surface area contributed by atoms with Crippen LogP contribution in [0.1, 0.15) is 26.2 Å². The summed E-state index contributed by atoms with van der Waals surface area (Å²) in [4.78, 5) is 39.8. The lowest BCUT2D eigenvalue weighted by molar-refractivity contribution is -0.143. The molecular weight excluding hydrogens is 300 g/mol. The Bertz CT molecular complexity index is 437. The van der Waals surface area contributed by atoms with E-state index in [1.54, 1.807) is 6.92 Å². The first-order valence-corrected chi connectivity index (χ1v) is 8.30. The summed E-state index contributed by atoms with van der Waals surface area (Å²) in [5.74, 6) is -0.309. The molecule has 130 valence electrons. The van der Waals surface area contributed by atoms with Crippen molar-refractivity contribution >= 4 is 17.8 Å². The molecule has 4 amide bonds. The van der Waals surface area contributed by atoms with Crippen LogP contribution in [0.15, 0.2) is 0 Å². The molecule has 8 nitrogen and oxygen atoms in total. The molecule has 2 N–H and O–H groups in total. The van der Waals surface area contributed by atoms with E-state index >= 15 is 0 Å². The van der Waals surface area contributed by atoms with Gasteiger partial charge in [-0.1, -0.05) is 6.42 Å². The lowest BCUT2D eigenvalue weighted by Gasteiger charge is -2.38. The summed E-state index contributed by atoms with van der Waals surface area (Å²) in [7, 11) is 0. The number of morpholine rings is 1. The SMILES string of the molecule is CCNC(=O)NC(=O)CN1CCCCC1C(=O)N1CCOCC1. The van der Waals surface area contributed by atoms with Gasteiger partial charge in [0.05, 0.1) is 25.8 Å². The van der Waals surface area contributed by atoms with Crippen molar-refractivity contribution in [2.75, 3.05) is 45.9 Å². The Morgan fingerprint density at radius 3 is 2.57 bits per heavy atom. The number of imide groups is 1. The maximum Gasteiger partial charge on any atom is 0.321 e. The number of carbonyl (C=O) groups is 3. The number of amides is 4. The van der Waals surface area contributed by atoms with Gasteiger partial charge in [0.2, 0.25) is 11.8 Å². The van der Waals surface area contributed by atoms with Gasteiger partial charge < -0.3 is 15.0 Å². The first kappa shape index (κ1) is 17.7. The maximum absolute atomic E-state index is 12.7. The van der Waals surface area contributed by atoms with Crippen LogP contribution < -0.4 is 10.6 Å². The number of rotatable bonds is 4. The van der Waals surface area contributed by atoms with Crippen LogP contribution in [-0.4, -0.2) is 79.6 Å². The number of hydrogen-bond donors (Lipinski definition) is 2. The Morgan fingerprint density at radius 1 is 1.13 bits per heavy atom. The van der Waals surface area contributed by atoms with E-state index in [1.165, 1.54) is 0 Å². The summed E-state index contributed by atoms with van der Waals surface area (Å²) >= 11 is 0. The Hall–Kier alpha value is -1.67. The summed E-state index contributed by atoms with van der Waals surface area (Å²) in [5.41, 5.74) is 0. The van der Waals surface area contributed by atoms with Gasteiger partial charge in [0.1, 0.15) is 0 Å². The molecule has 1 atom stereocenters. The van der Waals surface area contributed by atoms with E-state index in [0.29, 0.717) is 39.4 Å². The van der Waals surface area contributed by atoms with Crippen LogP contribution in [0.25, 0.3) is 0 Å². The Balaban J connectivity index is 1.90. The third-order valence-electron chi connectivity index (χ3n) is 4.16. The summed E-state index contributed by atoms with van der Waals surface area (Å²) in [6, 6.07) is -0.771. The van der Waals surface area contributed by atoms with Crippen LogP contribution in [0, 0.1) is 0 Å². The molecule has 8 heteroatoms. The van der Waals surface area contributed by atoms with Gasteiger partial charge in [-0.3, -0.25) is 19.8 Å². The van der Waals surface area contributed by atoms with E-state index in [-0.39, 0.29) is 24.4 Å². The molecule has 0 spiro atoms. The highest BCUT2D eigenvalue weighted by Gasteiger charge is 2.33. The van der Waals surface area contributed by atoms with E-state index in [4.69, 9.17) is 4.74 Å². The van der Waals surface area contributed by atoms with Crippen molar-refractivity contribution in [3.05, 3.63) is 0 Å². The molecule has 0 radical (unpaired) electrons. The van der Waals surface area contributed by atoms with Crippen molar-refractivity contribution in [2.24, 2.45) is 0 Å². The summed E-state index contributed by atoms with van der Waals surface area (Å²) in [6.07, 6.45) is 2.70. The van der Waals surface area contributed by atoms with Gasteiger partial charge in [-0.15, -0.1) is 0 Å². The van der Waals surface area contributed by atoms with E-state index < -0.39 is 6.03 Å². The number of piperidine rings is 1. The zero-order valence-electron chi connectivity index (χ0n) is 13.7. The second-order valence-corrected chi connectivity index (χ2v) is 5.83. The molecule has 0 aliphatic carbocycles. The number of ether oxygens (including phenoxy) is 1. The molecule has 2 aliphatic rings. The summed E-state index contributed by atoms with van der Waals surface area (Å²) in [5, 5.41) is 4.81. The molecule has 0 aromatic rings. The average molecular weight is 326 g/mol. The van der Waals surface area contributed by atoms with Gasteiger partial charge in [0.25, 0.3) is 0 Å². The highest BCUT2D eigenvalue weighted by molar-refractivity contribution is 5.95. The van der Waals surface area contributed by atoms with Gasteiger partial charge in [0.15, 0.2) is 0 Å². The van der Waals surface area contributed by atoms with E-state index in [0.717, 1.165) is 19.3 Å². The van der Waals surface area contributed by atoms with Crippen LogP contribution in [-0.2, 0) is 14.3 Å². The quantitative estimate of drug-likeness (QED) is 0.730. The molecule has 0 bridgehead atoms. The van der Waals surface area contributed by atoms with Crippen LogP contribution in [0.2, 0.25) is 0 Å². The number of hydrogen-bond acceptors (Lipinski definition) is 5. The second-order valence-electron chi connectivity index (χ2n) is 5.83. The van der Waals surface area contributed by atoms with Gasteiger partial charge in [-0.05, 0) is 26.3 Å². The van der Waals surface area contributed by atoms with E-state index in [2.05, 4.69) is 10.6 Å². The predicted octanol–water partition coefficient (Wildman–Crippen LogP) is -0.455. The van der Waals surface area contributed by atoms with Crippen molar-refractivity contribution in [1.29, 1.82) is 0 Å². The average Bonchev–Trinajstić information content (AvgIpc) is 2.55. The lowest BCUT2D eigenvalue weighted by atomic mass is 10.0. The van der Waals surface area contributed by atoms with Gasteiger partial charge >= 0.3 is 6.03 Å². The topological polar surface area (TPSA) is 91.0 Å². The Morgan fingerprint density at radius 2 is 1.87 bits per heavy atom.